The Bertz CT molecular complexity index is 671. The van der Waals surface area contributed by atoms with E-state index in [0.717, 1.165) is 5.56 Å². The fraction of sp³-hybridized carbons (Fsp3) is 0.375. The molecule has 0 bridgehead atoms. The molecule has 1 aromatic carbocycles. The summed E-state index contributed by atoms with van der Waals surface area (Å²) in [5.74, 6) is 0.00112. The van der Waals surface area contributed by atoms with Crippen LogP contribution in [-0.4, -0.2) is 46.4 Å². The first-order valence-corrected chi connectivity index (χ1v) is 7.67. The van der Waals surface area contributed by atoms with Crippen molar-refractivity contribution in [2.45, 2.75) is 19.5 Å². The largest absolute Gasteiger partial charge is 0.377 e. The van der Waals surface area contributed by atoms with Crippen molar-refractivity contribution in [1.29, 1.82) is 0 Å². The van der Waals surface area contributed by atoms with Gasteiger partial charge < -0.3 is 9.64 Å². The number of amides is 1. The van der Waals surface area contributed by atoms with Crippen LogP contribution in [0, 0.1) is 0 Å². The fourth-order valence-corrected chi connectivity index (χ4v) is 2.75. The molecule has 0 radical (unpaired) electrons. The highest BCUT2D eigenvalue weighted by molar-refractivity contribution is 6.31. The molecule has 1 aliphatic heterocycles. The topological polar surface area (TPSA) is 47.4 Å². The molecule has 1 amide bonds. The number of hydrogen-bond donors (Lipinski definition) is 0. The second kappa shape index (κ2) is 6.50. The van der Waals surface area contributed by atoms with Crippen molar-refractivity contribution in [1.82, 2.24) is 14.7 Å². The molecule has 0 spiro atoms. The standard InChI is InChI=1S/C16H18ClN3O2/c1-12-11-22-7-6-20(12)16(21)14-8-18-19(10-14)9-13-4-2-3-5-15(13)17/h2-5,8,10,12H,6-7,9,11H2,1H3. The molecule has 0 N–H and O–H groups in total. The van der Waals surface area contributed by atoms with Crippen molar-refractivity contribution in [3.8, 4) is 0 Å². The number of halogens is 1. The van der Waals surface area contributed by atoms with Crippen molar-refractivity contribution in [3.05, 3.63) is 52.8 Å². The van der Waals surface area contributed by atoms with Gasteiger partial charge in [-0.1, -0.05) is 29.8 Å². The van der Waals surface area contributed by atoms with Crippen LogP contribution in [0.2, 0.25) is 5.02 Å². The Morgan fingerprint density at radius 3 is 3.05 bits per heavy atom. The number of carbonyl (C=O) groups is 1. The normalized spacial score (nSPS) is 18.5. The van der Waals surface area contributed by atoms with E-state index in [1.54, 1.807) is 17.1 Å². The van der Waals surface area contributed by atoms with Gasteiger partial charge >= 0.3 is 0 Å². The minimum Gasteiger partial charge on any atom is -0.377 e. The second-order valence-electron chi connectivity index (χ2n) is 5.44. The third-order valence-corrected chi connectivity index (χ3v) is 4.17. The van der Waals surface area contributed by atoms with Gasteiger partial charge in [0.15, 0.2) is 0 Å². The molecule has 2 aromatic rings. The van der Waals surface area contributed by atoms with E-state index in [2.05, 4.69) is 5.10 Å². The van der Waals surface area contributed by atoms with E-state index in [-0.39, 0.29) is 11.9 Å². The van der Waals surface area contributed by atoms with Crippen LogP contribution in [0.5, 0.6) is 0 Å². The zero-order valence-electron chi connectivity index (χ0n) is 12.4. The summed E-state index contributed by atoms with van der Waals surface area (Å²) in [7, 11) is 0. The summed E-state index contributed by atoms with van der Waals surface area (Å²) < 4.78 is 7.10. The summed E-state index contributed by atoms with van der Waals surface area (Å²) in [6.45, 7) is 4.33. The summed E-state index contributed by atoms with van der Waals surface area (Å²) in [5, 5.41) is 4.97. The number of hydrogen-bond acceptors (Lipinski definition) is 3. The molecule has 1 unspecified atom stereocenters. The van der Waals surface area contributed by atoms with Crippen molar-refractivity contribution in [2.75, 3.05) is 19.8 Å². The van der Waals surface area contributed by atoms with Crippen molar-refractivity contribution in [2.24, 2.45) is 0 Å². The Balaban J connectivity index is 1.73. The number of rotatable bonds is 3. The van der Waals surface area contributed by atoms with E-state index in [9.17, 15) is 4.79 Å². The molecule has 116 valence electrons. The highest BCUT2D eigenvalue weighted by Crippen LogP contribution is 2.17. The molecule has 3 rings (SSSR count). The summed E-state index contributed by atoms with van der Waals surface area (Å²) in [6.07, 6.45) is 3.38. The predicted molar refractivity (Wildman–Crippen MR) is 84.1 cm³/mol. The quantitative estimate of drug-likeness (QED) is 0.873. The smallest absolute Gasteiger partial charge is 0.257 e. The molecule has 22 heavy (non-hydrogen) atoms. The van der Waals surface area contributed by atoms with E-state index in [1.165, 1.54) is 0 Å². The van der Waals surface area contributed by atoms with Crippen molar-refractivity contribution >= 4 is 17.5 Å². The predicted octanol–water partition coefficient (Wildman–Crippen LogP) is 2.45. The molecule has 1 aromatic heterocycles. The van der Waals surface area contributed by atoms with Crippen LogP contribution in [0.3, 0.4) is 0 Å². The van der Waals surface area contributed by atoms with Gasteiger partial charge in [-0.25, -0.2) is 0 Å². The molecular weight excluding hydrogens is 302 g/mol. The van der Waals surface area contributed by atoms with Crippen LogP contribution in [0.25, 0.3) is 0 Å². The maximum atomic E-state index is 12.5. The van der Waals surface area contributed by atoms with Gasteiger partial charge in [0.1, 0.15) is 0 Å². The van der Waals surface area contributed by atoms with Gasteiger partial charge in [-0.2, -0.15) is 5.10 Å². The van der Waals surface area contributed by atoms with Gasteiger partial charge in [0, 0.05) is 17.8 Å². The Morgan fingerprint density at radius 2 is 2.27 bits per heavy atom. The fourth-order valence-electron chi connectivity index (χ4n) is 2.56. The lowest BCUT2D eigenvalue weighted by atomic mass is 10.2. The first-order valence-electron chi connectivity index (χ1n) is 7.29. The summed E-state index contributed by atoms with van der Waals surface area (Å²) in [5.41, 5.74) is 1.58. The SMILES string of the molecule is CC1COCCN1C(=O)c1cnn(Cc2ccccc2Cl)c1. The van der Waals surface area contributed by atoms with Crippen LogP contribution in [-0.2, 0) is 11.3 Å². The zero-order chi connectivity index (χ0) is 15.5. The molecule has 0 aliphatic carbocycles. The number of benzene rings is 1. The first-order chi connectivity index (χ1) is 10.6. The molecule has 5 nitrogen and oxygen atoms in total. The average Bonchev–Trinajstić information content (AvgIpc) is 2.98. The molecule has 1 atom stereocenters. The van der Waals surface area contributed by atoms with Gasteiger partial charge in [-0.15, -0.1) is 0 Å². The van der Waals surface area contributed by atoms with Gasteiger partial charge in [0.2, 0.25) is 0 Å². The van der Waals surface area contributed by atoms with Crippen molar-refractivity contribution < 1.29 is 9.53 Å². The van der Waals surface area contributed by atoms with Gasteiger partial charge in [0.25, 0.3) is 5.91 Å². The number of morpholine rings is 1. The Labute approximate surface area is 134 Å². The van der Waals surface area contributed by atoms with Crippen LogP contribution in [0.15, 0.2) is 36.7 Å². The number of carbonyl (C=O) groups excluding carboxylic acids is 1. The molecular formula is C16H18ClN3O2. The summed E-state index contributed by atoms with van der Waals surface area (Å²) >= 11 is 6.15. The summed E-state index contributed by atoms with van der Waals surface area (Å²) in [6, 6.07) is 7.72. The second-order valence-corrected chi connectivity index (χ2v) is 5.85. The molecule has 1 aliphatic rings. The van der Waals surface area contributed by atoms with Gasteiger partial charge in [0.05, 0.1) is 37.6 Å². The maximum absolute atomic E-state index is 12.5. The maximum Gasteiger partial charge on any atom is 0.257 e. The van der Waals surface area contributed by atoms with E-state index >= 15 is 0 Å². The summed E-state index contributed by atoms with van der Waals surface area (Å²) in [4.78, 5) is 14.4. The van der Waals surface area contributed by atoms with Crippen LogP contribution < -0.4 is 0 Å². The van der Waals surface area contributed by atoms with E-state index in [1.807, 2.05) is 36.1 Å². The third-order valence-electron chi connectivity index (χ3n) is 3.80. The van der Waals surface area contributed by atoms with Crippen LogP contribution >= 0.6 is 11.6 Å². The Morgan fingerprint density at radius 1 is 1.45 bits per heavy atom. The van der Waals surface area contributed by atoms with Crippen LogP contribution in [0.1, 0.15) is 22.8 Å². The lowest BCUT2D eigenvalue weighted by Crippen LogP contribution is -2.47. The van der Waals surface area contributed by atoms with Gasteiger partial charge in [-0.3, -0.25) is 9.48 Å². The van der Waals surface area contributed by atoms with Crippen LogP contribution in [0.4, 0.5) is 0 Å². The van der Waals surface area contributed by atoms with Crippen molar-refractivity contribution in [3.63, 3.8) is 0 Å². The molecule has 6 heteroatoms. The average molecular weight is 320 g/mol. The number of nitrogens with zero attached hydrogens (tertiary/aromatic N) is 3. The third kappa shape index (κ3) is 3.15. The first kappa shape index (κ1) is 15.1. The highest BCUT2D eigenvalue weighted by atomic mass is 35.5. The molecule has 0 saturated carbocycles. The molecule has 1 fully saturated rings. The Hall–Kier alpha value is -1.85. The minimum absolute atomic E-state index is 0.00112. The number of aromatic nitrogens is 2. The number of ether oxygens (including phenoxy) is 1. The van der Waals surface area contributed by atoms with E-state index in [4.69, 9.17) is 16.3 Å². The zero-order valence-corrected chi connectivity index (χ0v) is 13.2. The Kier molecular flexibility index (Phi) is 4.45. The molecule has 1 saturated heterocycles. The van der Waals surface area contributed by atoms with E-state index in [0.29, 0.717) is 36.9 Å². The van der Waals surface area contributed by atoms with Gasteiger partial charge in [-0.05, 0) is 18.6 Å². The monoisotopic (exact) mass is 319 g/mol. The highest BCUT2D eigenvalue weighted by Gasteiger charge is 2.25. The molecule has 2 heterocycles. The van der Waals surface area contributed by atoms with E-state index < -0.39 is 0 Å². The lowest BCUT2D eigenvalue weighted by Gasteiger charge is -2.32. The lowest BCUT2D eigenvalue weighted by molar-refractivity contribution is 0.00359. The minimum atomic E-state index is 0.00112.